The van der Waals surface area contributed by atoms with Crippen molar-refractivity contribution in [2.24, 2.45) is 35.3 Å². The molecule has 1 aliphatic heterocycles. The minimum absolute atomic E-state index is 0.0217. The fourth-order valence-corrected chi connectivity index (χ4v) is 8.19. The predicted molar refractivity (Wildman–Crippen MR) is 209 cm³/mol. The van der Waals surface area contributed by atoms with Gasteiger partial charge in [-0.15, -0.1) is 0 Å². The van der Waals surface area contributed by atoms with Crippen molar-refractivity contribution in [1.29, 1.82) is 0 Å². The van der Waals surface area contributed by atoms with E-state index in [1.807, 2.05) is 60.5 Å². The molecule has 1 aromatic rings. The van der Waals surface area contributed by atoms with E-state index in [9.17, 15) is 28.7 Å². The SMILES string of the molecule is CCC(C)[C@@H]([C@@H](CC(=O)N1C[C@@H](O)C[C@H]1[C@H](OC)[C@@H](C)C(=O)N[C@H](C)C(N)c1ccc(F)cc1)OC)N(C)C(=O)[C@@H](CC(=O)[C@H](C(C)C)N(C)C)C(C)C. The number of hydrogen-bond acceptors (Lipinski definition) is 9. The number of likely N-dealkylation sites (tertiary alicyclic amines) is 1. The van der Waals surface area contributed by atoms with Crippen LogP contribution in [-0.4, -0.2) is 128 Å². The minimum atomic E-state index is -0.825. The predicted octanol–water partition coefficient (Wildman–Crippen LogP) is 4.04. The summed E-state index contributed by atoms with van der Waals surface area (Å²) in [5, 5.41) is 13.8. The number of nitrogens with two attached hydrogens (primary N) is 1. The van der Waals surface area contributed by atoms with E-state index in [4.69, 9.17) is 15.2 Å². The number of nitrogens with zero attached hydrogens (tertiary/aromatic N) is 3. The molecule has 0 bridgehead atoms. The number of ether oxygens (including phenoxy) is 2. The second kappa shape index (κ2) is 21.4. The van der Waals surface area contributed by atoms with E-state index in [1.54, 1.807) is 42.8 Å². The van der Waals surface area contributed by atoms with E-state index in [0.29, 0.717) is 12.0 Å². The second-order valence-corrected chi connectivity index (χ2v) is 16.3. The maximum Gasteiger partial charge on any atom is 0.226 e. The number of Topliss-reactive ketones (excluding diaryl/α,β-unsaturated/α-hetero) is 1. The number of likely N-dealkylation sites (N-methyl/N-ethyl adjacent to an activating group) is 2. The summed E-state index contributed by atoms with van der Waals surface area (Å²) in [5.74, 6) is -2.50. The molecule has 0 radical (unpaired) electrons. The summed E-state index contributed by atoms with van der Waals surface area (Å²) in [5.41, 5.74) is 7.05. The Labute approximate surface area is 323 Å². The Hall–Kier alpha value is -2.97. The van der Waals surface area contributed by atoms with E-state index >= 15 is 0 Å². The van der Waals surface area contributed by atoms with Crippen molar-refractivity contribution < 1.29 is 38.1 Å². The molecule has 13 heteroatoms. The number of ketones is 1. The van der Waals surface area contributed by atoms with E-state index in [0.717, 1.165) is 0 Å². The molecule has 1 aromatic carbocycles. The number of rotatable bonds is 21. The van der Waals surface area contributed by atoms with Gasteiger partial charge in [0.1, 0.15) is 5.82 Å². The van der Waals surface area contributed by atoms with Crippen LogP contribution in [0.3, 0.4) is 0 Å². The molecule has 0 spiro atoms. The Balaban J connectivity index is 2.29. The third kappa shape index (κ3) is 12.0. The molecule has 308 valence electrons. The van der Waals surface area contributed by atoms with Crippen LogP contribution >= 0.6 is 0 Å². The van der Waals surface area contributed by atoms with Gasteiger partial charge in [-0.1, -0.05) is 67.0 Å². The molecule has 2 rings (SSSR count). The smallest absolute Gasteiger partial charge is 0.226 e. The number of benzene rings is 1. The Morgan fingerprint density at radius 2 is 1.56 bits per heavy atom. The summed E-state index contributed by atoms with van der Waals surface area (Å²) in [4.78, 5) is 60.7. The van der Waals surface area contributed by atoms with Crippen molar-refractivity contribution in [3.05, 3.63) is 35.6 Å². The van der Waals surface area contributed by atoms with Crippen molar-refractivity contribution >= 4 is 23.5 Å². The van der Waals surface area contributed by atoms with Gasteiger partial charge >= 0.3 is 0 Å². The Morgan fingerprint density at radius 1 is 0.963 bits per heavy atom. The second-order valence-electron chi connectivity index (χ2n) is 16.3. The molecule has 2 unspecified atom stereocenters. The Bertz CT molecular complexity index is 1350. The van der Waals surface area contributed by atoms with Gasteiger partial charge in [0.15, 0.2) is 5.78 Å². The maximum absolute atomic E-state index is 14.3. The maximum atomic E-state index is 14.3. The summed E-state index contributed by atoms with van der Waals surface area (Å²) in [7, 11) is 8.49. The fourth-order valence-electron chi connectivity index (χ4n) is 8.19. The quantitative estimate of drug-likeness (QED) is 0.168. The first kappa shape index (κ1) is 47.2. The van der Waals surface area contributed by atoms with E-state index in [1.165, 1.54) is 26.4 Å². The molecule has 3 amide bonds. The lowest BCUT2D eigenvalue weighted by molar-refractivity contribution is -0.149. The van der Waals surface area contributed by atoms with Gasteiger partial charge in [-0.25, -0.2) is 4.39 Å². The summed E-state index contributed by atoms with van der Waals surface area (Å²) in [6.07, 6.45) is -1.31. The van der Waals surface area contributed by atoms with Crippen LogP contribution in [0.15, 0.2) is 24.3 Å². The number of hydrogen-bond donors (Lipinski definition) is 3. The average Bonchev–Trinajstić information content (AvgIpc) is 3.50. The highest BCUT2D eigenvalue weighted by atomic mass is 19.1. The van der Waals surface area contributed by atoms with E-state index in [-0.39, 0.29) is 78.9 Å². The summed E-state index contributed by atoms with van der Waals surface area (Å²) >= 11 is 0. The molecule has 54 heavy (non-hydrogen) atoms. The van der Waals surface area contributed by atoms with Crippen LogP contribution < -0.4 is 11.1 Å². The van der Waals surface area contributed by atoms with Gasteiger partial charge < -0.3 is 35.4 Å². The molecule has 1 heterocycles. The minimum Gasteiger partial charge on any atom is -0.391 e. The number of aliphatic hydroxyl groups excluding tert-OH is 1. The summed E-state index contributed by atoms with van der Waals surface area (Å²) < 4.78 is 25.3. The van der Waals surface area contributed by atoms with Crippen LogP contribution in [0.4, 0.5) is 4.39 Å². The van der Waals surface area contributed by atoms with Gasteiger partial charge in [0.25, 0.3) is 0 Å². The third-order valence-corrected chi connectivity index (χ3v) is 11.5. The van der Waals surface area contributed by atoms with Crippen LogP contribution in [0.2, 0.25) is 0 Å². The van der Waals surface area contributed by atoms with Crippen LogP contribution in [0.5, 0.6) is 0 Å². The molecule has 1 fully saturated rings. The molecule has 0 aromatic heterocycles. The van der Waals surface area contributed by atoms with E-state index < -0.39 is 54.3 Å². The number of carbonyl (C=O) groups excluding carboxylic acids is 4. The molecule has 1 saturated heterocycles. The fraction of sp³-hybridized carbons (Fsp3) is 0.756. The van der Waals surface area contributed by atoms with Gasteiger partial charge in [-0.05, 0) is 62.9 Å². The lowest BCUT2D eigenvalue weighted by atomic mass is 9.83. The molecule has 0 saturated carbocycles. The van der Waals surface area contributed by atoms with Gasteiger partial charge in [-0.3, -0.25) is 24.1 Å². The molecule has 0 aliphatic carbocycles. The molecular weight excluding hydrogens is 693 g/mol. The standard InChI is InChI=1S/C41H70FN5O7/c1-14-25(6)38(46(11)41(52)31(23(2)3)20-33(49)37(24(4)5)45(9)10)34(53-12)21-35(50)47-22-30(48)19-32(47)39(54-13)26(7)40(51)44-27(8)36(43)28-15-17-29(42)18-16-28/h15-18,23-27,30-32,34,36-39,48H,14,19-22,43H2,1-13H3,(H,44,51)/t25?,26-,27-,30+,31+,32+,34-,36?,37+,38+,39-/m1/s1. The van der Waals surface area contributed by atoms with Crippen LogP contribution in [0, 0.1) is 35.4 Å². The number of aliphatic hydroxyl groups is 1. The topological polar surface area (TPSA) is 155 Å². The highest BCUT2D eigenvalue weighted by molar-refractivity contribution is 5.90. The zero-order valence-electron chi connectivity index (χ0n) is 35.0. The average molecular weight is 764 g/mol. The van der Waals surface area contributed by atoms with Crippen LogP contribution in [0.25, 0.3) is 0 Å². The lowest BCUT2D eigenvalue weighted by Crippen LogP contribution is -2.55. The molecule has 12 nitrogen and oxygen atoms in total. The lowest BCUT2D eigenvalue weighted by Gasteiger charge is -2.41. The molecule has 4 N–H and O–H groups in total. The van der Waals surface area contributed by atoms with Crippen molar-refractivity contribution in [3.63, 3.8) is 0 Å². The van der Waals surface area contributed by atoms with Crippen LogP contribution in [-0.2, 0) is 28.7 Å². The van der Waals surface area contributed by atoms with Gasteiger partial charge in [0.2, 0.25) is 17.7 Å². The molecular formula is C41H70FN5O7. The van der Waals surface area contributed by atoms with Gasteiger partial charge in [0, 0.05) is 52.2 Å². The Morgan fingerprint density at radius 3 is 2.04 bits per heavy atom. The van der Waals surface area contributed by atoms with Gasteiger partial charge in [0.05, 0.1) is 48.8 Å². The van der Waals surface area contributed by atoms with E-state index in [2.05, 4.69) is 5.32 Å². The van der Waals surface area contributed by atoms with Crippen molar-refractivity contribution in [2.75, 3.05) is 41.9 Å². The number of carbonyl (C=O) groups is 4. The Kier molecular flexibility index (Phi) is 18.7. The van der Waals surface area contributed by atoms with Gasteiger partial charge in [-0.2, -0.15) is 0 Å². The number of β-amino-alcohol motifs (C(OH)–C–C–N with tert-alkyl or cyclic N) is 1. The first-order valence-corrected chi connectivity index (χ1v) is 19.5. The number of amides is 3. The zero-order valence-corrected chi connectivity index (χ0v) is 35.0. The molecule has 11 atom stereocenters. The van der Waals surface area contributed by atoms with Crippen molar-refractivity contribution in [3.8, 4) is 0 Å². The number of halogens is 1. The highest BCUT2D eigenvalue weighted by Gasteiger charge is 2.45. The number of nitrogens with one attached hydrogen (secondary N) is 1. The third-order valence-electron chi connectivity index (χ3n) is 11.5. The van der Waals surface area contributed by atoms with Crippen LogP contribution in [0.1, 0.15) is 92.7 Å². The zero-order chi connectivity index (χ0) is 41.2. The monoisotopic (exact) mass is 764 g/mol. The molecule has 1 aliphatic rings. The summed E-state index contributed by atoms with van der Waals surface area (Å²) in [6, 6.07) is 3.32. The highest BCUT2D eigenvalue weighted by Crippen LogP contribution is 2.31. The first-order valence-electron chi connectivity index (χ1n) is 19.5. The first-order chi connectivity index (χ1) is 25.2. The van der Waals surface area contributed by atoms with Crippen molar-refractivity contribution in [1.82, 2.24) is 20.0 Å². The number of methoxy groups -OCH3 is 2. The summed E-state index contributed by atoms with van der Waals surface area (Å²) in [6.45, 7) is 15.5. The van der Waals surface area contributed by atoms with Crippen molar-refractivity contribution in [2.45, 2.75) is 130 Å². The largest absolute Gasteiger partial charge is 0.391 e. The normalized spacial score (nSPS) is 21.3.